The molecule has 1 aromatic rings. The first-order valence-electron chi connectivity index (χ1n) is 3.34. The van der Waals surface area contributed by atoms with Crippen molar-refractivity contribution in [2.45, 2.75) is 17.6 Å². The minimum atomic E-state index is -4.47. The molecule has 0 aliphatic rings. The van der Waals surface area contributed by atoms with Gasteiger partial charge in [0.05, 0.1) is 0 Å². The second kappa shape index (κ2) is 3.95. The molecule has 0 aromatic carbocycles. The summed E-state index contributed by atoms with van der Waals surface area (Å²) in [4.78, 5) is -0.492. The molecule has 0 aliphatic carbocycles. The van der Waals surface area contributed by atoms with E-state index in [0.29, 0.717) is 10.9 Å². The maximum absolute atomic E-state index is 11.9. The molecule has 0 unspecified atom stereocenters. The van der Waals surface area contributed by atoms with Crippen LogP contribution in [0.5, 0.6) is 0 Å². The monoisotopic (exact) mass is 326 g/mol. The lowest BCUT2D eigenvalue weighted by Gasteiger charge is -2.04. The maximum atomic E-state index is 11.9. The van der Waals surface area contributed by atoms with Gasteiger partial charge in [-0.05, 0) is 15.9 Å². The van der Waals surface area contributed by atoms with Gasteiger partial charge in [0.1, 0.15) is 16.0 Å². The smallest absolute Gasteiger partial charge is 0.261 e. The minimum Gasteiger partial charge on any atom is -0.261 e. The molecule has 0 bridgehead atoms. The largest absolute Gasteiger partial charge is 0.408 e. The Balaban J connectivity index is 3.08. The zero-order valence-corrected chi connectivity index (χ0v) is 9.95. The SMILES string of the molecule is O=S(=O)(Cl)c1cn(CC(F)(F)F)nc1Br. The van der Waals surface area contributed by atoms with Gasteiger partial charge in [-0.1, -0.05) is 0 Å². The number of aromatic nitrogens is 2. The Kier molecular flexibility index (Phi) is 3.36. The highest BCUT2D eigenvalue weighted by Crippen LogP contribution is 2.25. The number of nitrogens with zero attached hydrogens (tertiary/aromatic N) is 2. The van der Waals surface area contributed by atoms with Crippen LogP contribution in [-0.4, -0.2) is 24.4 Å². The van der Waals surface area contributed by atoms with E-state index in [1.54, 1.807) is 0 Å². The van der Waals surface area contributed by atoms with Gasteiger partial charge in [-0.2, -0.15) is 18.3 Å². The van der Waals surface area contributed by atoms with Crippen molar-refractivity contribution >= 4 is 35.7 Å². The number of hydrogen-bond acceptors (Lipinski definition) is 3. The molecule has 86 valence electrons. The number of rotatable bonds is 2. The molecule has 0 fully saturated rings. The first-order chi connectivity index (χ1) is 6.59. The van der Waals surface area contributed by atoms with Gasteiger partial charge in [0.2, 0.25) is 0 Å². The summed E-state index contributed by atoms with van der Waals surface area (Å²) in [5.41, 5.74) is 0. The molecule has 0 aliphatic heterocycles. The summed E-state index contributed by atoms with van der Waals surface area (Å²) in [5, 5.41) is 3.31. The first kappa shape index (κ1) is 12.8. The van der Waals surface area contributed by atoms with Gasteiger partial charge in [0.15, 0.2) is 0 Å². The van der Waals surface area contributed by atoms with Gasteiger partial charge in [0.25, 0.3) is 9.05 Å². The summed E-state index contributed by atoms with van der Waals surface area (Å²) in [6, 6.07) is 0. The summed E-state index contributed by atoms with van der Waals surface area (Å²) >= 11 is 2.70. The lowest BCUT2D eigenvalue weighted by Crippen LogP contribution is -2.17. The average Bonchev–Trinajstić information content (AvgIpc) is 2.25. The van der Waals surface area contributed by atoms with Crippen molar-refractivity contribution in [3.8, 4) is 0 Å². The lowest BCUT2D eigenvalue weighted by molar-refractivity contribution is -0.142. The van der Waals surface area contributed by atoms with E-state index < -0.39 is 26.7 Å². The molecule has 4 nitrogen and oxygen atoms in total. The third-order valence-corrected chi connectivity index (χ3v) is 3.46. The first-order valence-corrected chi connectivity index (χ1v) is 6.44. The van der Waals surface area contributed by atoms with Crippen LogP contribution in [-0.2, 0) is 15.6 Å². The van der Waals surface area contributed by atoms with Crippen LogP contribution in [0, 0.1) is 0 Å². The molecule has 0 saturated carbocycles. The van der Waals surface area contributed by atoms with Gasteiger partial charge in [0, 0.05) is 16.9 Å². The van der Waals surface area contributed by atoms with Crippen LogP contribution in [0.4, 0.5) is 13.2 Å². The van der Waals surface area contributed by atoms with E-state index in [-0.39, 0.29) is 4.60 Å². The van der Waals surface area contributed by atoms with Crippen LogP contribution in [0.1, 0.15) is 0 Å². The number of hydrogen-bond donors (Lipinski definition) is 0. The Hall–Kier alpha value is -0.280. The lowest BCUT2D eigenvalue weighted by atomic mass is 10.6. The molecular weight excluding hydrogens is 324 g/mol. The van der Waals surface area contributed by atoms with Crippen LogP contribution >= 0.6 is 26.6 Å². The molecule has 1 heterocycles. The Bertz CT molecular complexity index is 469. The van der Waals surface area contributed by atoms with E-state index in [1.165, 1.54) is 0 Å². The van der Waals surface area contributed by atoms with Crippen LogP contribution in [0.25, 0.3) is 0 Å². The predicted molar refractivity (Wildman–Crippen MR) is 49.0 cm³/mol. The summed E-state index contributed by atoms with van der Waals surface area (Å²) in [7, 11) is 0.862. The zero-order valence-electron chi connectivity index (χ0n) is 6.79. The molecule has 0 radical (unpaired) electrons. The summed E-state index contributed by atoms with van der Waals surface area (Å²) in [5.74, 6) is 0. The fourth-order valence-electron chi connectivity index (χ4n) is 0.808. The number of alkyl halides is 3. The average molecular weight is 328 g/mol. The van der Waals surface area contributed by atoms with E-state index in [1.807, 2.05) is 0 Å². The van der Waals surface area contributed by atoms with Crippen molar-refractivity contribution in [2.75, 3.05) is 0 Å². The Labute approximate surface area is 95.6 Å². The van der Waals surface area contributed by atoms with Crippen molar-refractivity contribution in [3.63, 3.8) is 0 Å². The van der Waals surface area contributed by atoms with Gasteiger partial charge in [-0.25, -0.2) is 8.42 Å². The van der Waals surface area contributed by atoms with Crippen molar-refractivity contribution in [2.24, 2.45) is 0 Å². The standard InChI is InChI=1S/C5H3BrClF3N2O2S/c6-4-3(15(7,13)14)1-12(11-4)2-5(8,9)10/h1H,2H2. The Morgan fingerprint density at radius 2 is 2.07 bits per heavy atom. The molecule has 0 N–H and O–H groups in total. The van der Waals surface area contributed by atoms with Crippen molar-refractivity contribution in [1.82, 2.24) is 9.78 Å². The zero-order chi connectivity index (χ0) is 11.9. The summed E-state index contributed by atoms with van der Waals surface area (Å²) in [6.45, 7) is -1.38. The summed E-state index contributed by atoms with van der Waals surface area (Å²) in [6.07, 6.45) is -3.77. The molecule has 0 amide bonds. The predicted octanol–water partition coefficient (Wildman–Crippen LogP) is 2.14. The molecule has 0 atom stereocenters. The molecule has 0 saturated heterocycles. The second-order valence-electron chi connectivity index (χ2n) is 2.53. The molecule has 10 heteroatoms. The van der Waals surface area contributed by atoms with Crippen LogP contribution in [0.15, 0.2) is 15.7 Å². The highest BCUT2D eigenvalue weighted by molar-refractivity contribution is 9.10. The van der Waals surface area contributed by atoms with E-state index in [9.17, 15) is 21.6 Å². The van der Waals surface area contributed by atoms with Gasteiger partial charge < -0.3 is 0 Å². The summed E-state index contributed by atoms with van der Waals surface area (Å²) < 4.78 is 57.6. The van der Waals surface area contributed by atoms with E-state index in [0.717, 1.165) is 0 Å². The molecule has 0 spiro atoms. The van der Waals surface area contributed by atoms with Crippen molar-refractivity contribution in [1.29, 1.82) is 0 Å². The van der Waals surface area contributed by atoms with Gasteiger partial charge >= 0.3 is 6.18 Å². The Morgan fingerprint density at radius 1 is 1.53 bits per heavy atom. The molecule has 1 aromatic heterocycles. The van der Waals surface area contributed by atoms with E-state index in [2.05, 4.69) is 21.0 Å². The molecular formula is C5H3BrClF3N2O2S. The normalized spacial score (nSPS) is 13.1. The third-order valence-electron chi connectivity index (χ3n) is 1.29. The maximum Gasteiger partial charge on any atom is 0.408 e. The van der Waals surface area contributed by atoms with E-state index in [4.69, 9.17) is 10.7 Å². The van der Waals surface area contributed by atoms with Crippen LogP contribution < -0.4 is 0 Å². The minimum absolute atomic E-state index is 0.248. The highest BCUT2D eigenvalue weighted by atomic mass is 79.9. The number of halogens is 5. The second-order valence-corrected chi connectivity index (χ2v) is 5.82. The fourth-order valence-corrected chi connectivity index (χ4v) is 2.86. The van der Waals surface area contributed by atoms with E-state index >= 15 is 0 Å². The van der Waals surface area contributed by atoms with Crippen LogP contribution in [0.2, 0.25) is 0 Å². The van der Waals surface area contributed by atoms with Crippen LogP contribution in [0.3, 0.4) is 0 Å². The van der Waals surface area contributed by atoms with Crippen molar-refractivity contribution < 1.29 is 21.6 Å². The Morgan fingerprint density at radius 3 is 2.40 bits per heavy atom. The van der Waals surface area contributed by atoms with Gasteiger partial charge in [-0.15, -0.1) is 0 Å². The molecule has 1 rings (SSSR count). The topological polar surface area (TPSA) is 52.0 Å². The fraction of sp³-hybridized carbons (Fsp3) is 0.400. The molecule has 15 heavy (non-hydrogen) atoms. The quantitative estimate of drug-likeness (QED) is 0.782. The highest BCUT2D eigenvalue weighted by Gasteiger charge is 2.30. The third kappa shape index (κ3) is 3.65. The van der Waals surface area contributed by atoms with Gasteiger partial charge in [-0.3, -0.25) is 4.68 Å². The van der Waals surface area contributed by atoms with Crippen molar-refractivity contribution in [3.05, 3.63) is 10.8 Å².